The second kappa shape index (κ2) is 7.40. The summed E-state index contributed by atoms with van der Waals surface area (Å²) in [7, 11) is -3.84. The van der Waals surface area contributed by atoms with Crippen molar-refractivity contribution in [2.75, 3.05) is 0 Å². The van der Waals surface area contributed by atoms with Crippen molar-refractivity contribution in [1.29, 1.82) is 0 Å². The van der Waals surface area contributed by atoms with Crippen LogP contribution in [0.1, 0.15) is 11.1 Å². The zero-order chi connectivity index (χ0) is 20.8. The molecule has 0 fully saturated rings. The van der Waals surface area contributed by atoms with E-state index in [-0.39, 0.29) is 16.6 Å². The highest BCUT2D eigenvalue weighted by Gasteiger charge is 2.25. The number of rotatable bonds is 4. The lowest BCUT2D eigenvalue weighted by atomic mass is 10.2. The van der Waals surface area contributed by atoms with Gasteiger partial charge in [0.15, 0.2) is 0 Å². The summed E-state index contributed by atoms with van der Waals surface area (Å²) in [5.41, 5.74) is 1.32. The molecule has 7 nitrogen and oxygen atoms in total. The lowest BCUT2D eigenvalue weighted by Crippen LogP contribution is -2.21. The molecule has 0 amide bonds. The number of hydrogen-bond acceptors (Lipinski definition) is 5. The van der Waals surface area contributed by atoms with Gasteiger partial charge in [0.2, 0.25) is 15.5 Å². The largest absolute Gasteiger partial charge is 0.300 e. The summed E-state index contributed by atoms with van der Waals surface area (Å²) >= 11 is 9.51. The Morgan fingerprint density at radius 3 is 2.59 bits per heavy atom. The normalized spacial score (nSPS) is 11.8. The maximum Gasteiger partial charge on any atom is 0.300 e. The van der Waals surface area contributed by atoms with Crippen LogP contribution in [-0.4, -0.2) is 27.6 Å². The molecule has 0 aliphatic heterocycles. The molecule has 148 valence electrons. The summed E-state index contributed by atoms with van der Waals surface area (Å²) in [6.07, 6.45) is 2.94. The molecular formula is C19H14BrClN4O3S. The topological polar surface area (TPSA) is 86.3 Å². The van der Waals surface area contributed by atoms with Crippen molar-refractivity contribution >= 4 is 43.0 Å². The van der Waals surface area contributed by atoms with Gasteiger partial charge in [-0.15, -0.1) is 10.2 Å². The van der Waals surface area contributed by atoms with E-state index in [0.717, 1.165) is 5.56 Å². The quantitative estimate of drug-likeness (QED) is 0.434. The van der Waals surface area contributed by atoms with Crippen molar-refractivity contribution in [2.45, 2.75) is 17.8 Å². The van der Waals surface area contributed by atoms with Crippen LogP contribution in [0, 0.1) is 6.92 Å². The van der Waals surface area contributed by atoms with E-state index in [9.17, 15) is 13.2 Å². The van der Waals surface area contributed by atoms with Crippen molar-refractivity contribution in [3.05, 3.63) is 85.8 Å². The first-order chi connectivity index (χ1) is 13.8. The van der Waals surface area contributed by atoms with Crippen molar-refractivity contribution < 1.29 is 8.42 Å². The second-order valence-corrected chi connectivity index (χ2v) is 9.53. The van der Waals surface area contributed by atoms with Gasteiger partial charge in [0.25, 0.3) is 5.16 Å². The van der Waals surface area contributed by atoms with Crippen molar-refractivity contribution in [1.82, 2.24) is 19.2 Å². The van der Waals surface area contributed by atoms with Crippen molar-refractivity contribution in [3.63, 3.8) is 0 Å². The molecule has 0 radical (unpaired) electrons. The summed E-state index contributed by atoms with van der Waals surface area (Å²) in [6.45, 7) is 1.80. The van der Waals surface area contributed by atoms with E-state index >= 15 is 0 Å². The minimum Gasteiger partial charge on any atom is -0.279 e. The fourth-order valence-electron chi connectivity index (χ4n) is 3.01. The zero-order valence-corrected chi connectivity index (χ0v) is 18.2. The molecule has 2 aromatic carbocycles. The molecule has 0 aliphatic rings. The van der Waals surface area contributed by atoms with Gasteiger partial charge in [-0.3, -0.25) is 13.8 Å². The molecule has 0 unspecified atom stereocenters. The number of halogens is 2. The summed E-state index contributed by atoms with van der Waals surface area (Å²) < 4.78 is 29.1. The highest BCUT2D eigenvalue weighted by molar-refractivity contribution is 9.10. The van der Waals surface area contributed by atoms with E-state index < -0.39 is 15.4 Å². The molecule has 10 heteroatoms. The molecule has 2 aromatic heterocycles. The molecule has 4 rings (SSSR count). The molecular weight excluding hydrogens is 480 g/mol. The van der Waals surface area contributed by atoms with E-state index in [2.05, 4.69) is 26.1 Å². The number of hydrogen-bond donors (Lipinski definition) is 0. The molecule has 0 bridgehead atoms. The van der Waals surface area contributed by atoms with E-state index in [1.54, 1.807) is 49.4 Å². The van der Waals surface area contributed by atoms with Gasteiger partial charge in [-0.05, 0) is 36.2 Å². The van der Waals surface area contributed by atoms with Crippen LogP contribution in [0.5, 0.6) is 0 Å². The Labute approximate surface area is 179 Å². The highest BCUT2D eigenvalue weighted by atomic mass is 79.9. The first-order valence-corrected chi connectivity index (χ1v) is 11.3. The maximum atomic E-state index is 12.9. The summed E-state index contributed by atoms with van der Waals surface area (Å²) in [4.78, 5) is 12.9. The third-order valence-electron chi connectivity index (χ3n) is 4.52. The molecule has 0 saturated carbocycles. The number of fused-ring (bicyclic) bond motifs is 1. The minimum absolute atomic E-state index is 0.0856. The SMILES string of the molecule is Cc1c(Cl)cccc1-n1ccn2c(S(=O)(=O)Cc3ccccc3Br)nnc2c1=O. The molecule has 0 aliphatic carbocycles. The Bertz CT molecular complexity index is 1410. The molecule has 4 aromatic rings. The van der Waals surface area contributed by atoms with Crippen LogP contribution in [0.4, 0.5) is 0 Å². The Kier molecular flexibility index (Phi) is 5.05. The maximum absolute atomic E-state index is 12.9. The van der Waals surface area contributed by atoms with Gasteiger partial charge in [-0.2, -0.15) is 0 Å². The van der Waals surface area contributed by atoms with Gasteiger partial charge in [0.1, 0.15) is 0 Å². The van der Waals surface area contributed by atoms with Crippen molar-refractivity contribution in [2.24, 2.45) is 0 Å². The standard InChI is InChI=1S/C19H14BrClN4O3S/c1-12-15(21)7-4-8-16(12)24-9-10-25-17(18(24)26)22-23-19(25)29(27,28)11-13-5-2-3-6-14(13)20/h2-10H,11H2,1H3. The molecule has 0 saturated heterocycles. The Morgan fingerprint density at radius 2 is 1.83 bits per heavy atom. The predicted molar refractivity (Wildman–Crippen MR) is 113 cm³/mol. The third kappa shape index (κ3) is 3.50. The monoisotopic (exact) mass is 492 g/mol. The Balaban J connectivity index is 1.83. The molecule has 0 spiro atoms. The van der Waals surface area contributed by atoms with E-state index in [1.807, 2.05) is 0 Å². The molecule has 2 heterocycles. The molecule has 0 atom stereocenters. The lowest BCUT2D eigenvalue weighted by molar-refractivity contribution is 0.584. The smallest absolute Gasteiger partial charge is 0.279 e. The van der Waals surface area contributed by atoms with Gasteiger partial charge in [0.05, 0.1) is 11.4 Å². The van der Waals surface area contributed by atoms with Crippen LogP contribution in [0.25, 0.3) is 11.3 Å². The number of benzene rings is 2. The predicted octanol–water partition coefficient (Wildman–Crippen LogP) is 3.58. The summed E-state index contributed by atoms with van der Waals surface area (Å²) in [5.74, 6) is -0.272. The van der Waals surface area contributed by atoms with Crippen LogP contribution in [-0.2, 0) is 15.6 Å². The Hall–Kier alpha value is -2.49. The van der Waals surface area contributed by atoms with Crippen LogP contribution < -0.4 is 5.56 Å². The van der Waals surface area contributed by atoms with Crippen LogP contribution >= 0.6 is 27.5 Å². The molecule has 29 heavy (non-hydrogen) atoms. The van der Waals surface area contributed by atoms with Crippen LogP contribution in [0.3, 0.4) is 0 Å². The van der Waals surface area contributed by atoms with Gasteiger partial charge in [0, 0.05) is 21.9 Å². The van der Waals surface area contributed by atoms with E-state index in [1.165, 1.54) is 21.4 Å². The van der Waals surface area contributed by atoms with E-state index in [4.69, 9.17) is 11.6 Å². The third-order valence-corrected chi connectivity index (χ3v) is 7.23. The van der Waals surface area contributed by atoms with E-state index in [0.29, 0.717) is 20.7 Å². The lowest BCUT2D eigenvalue weighted by Gasteiger charge is -2.10. The van der Waals surface area contributed by atoms with Gasteiger partial charge in [-0.25, -0.2) is 8.42 Å². The van der Waals surface area contributed by atoms with Crippen LogP contribution in [0.2, 0.25) is 5.02 Å². The number of nitrogens with zero attached hydrogens (tertiary/aromatic N) is 4. The highest BCUT2D eigenvalue weighted by Crippen LogP contribution is 2.23. The number of aromatic nitrogens is 4. The fourth-order valence-corrected chi connectivity index (χ4v) is 5.19. The molecule has 0 N–H and O–H groups in total. The minimum atomic E-state index is -3.84. The zero-order valence-electron chi connectivity index (χ0n) is 15.1. The average Bonchev–Trinajstić information content (AvgIpc) is 3.12. The van der Waals surface area contributed by atoms with Crippen LogP contribution in [0.15, 0.2) is 69.3 Å². The fraction of sp³-hybridized carbons (Fsp3) is 0.105. The Morgan fingerprint density at radius 1 is 1.07 bits per heavy atom. The van der Waals surface area contributed by atoms with Gasteiger partial charge in [-0.1, -0.05) is 51.8 Å². The van der Waals surface area contributed by atoms with Gasteiger partial charge >= 0.3 is 5.56 Å². The average molecular weight is 494 g/mol. The van der Waals surface area contributed by atoms with Crippen molar-refractivity contribution in [3.8, 4) is 5.69 Å². The summed E-state index contributed by atoms with van der Waals surface area (Å²) in [5, 5.41) is 7.88. The summed E-state index contributed by atoms with van der Waals surface area (Å²) in [6, 6.07) is 12.2. The first kappa shape index (κ1) is 19.8. The first-order valence-electron chi connectivity index (χ1n) is 8.47. The van der Waals surface area contributed by atoms with Gasteiger partial charge < -0.3 is 0 Å². The second-order valence-electron chi connectivity index (χ2n) is 6.38. The number of sulfone groups is 1.